The summed E-state index contributed by atoms with van der Waals surface area (Å²) in [6.07, 6.45) is 0. The van der Waals surface area contributed by atoms with Gasteiger partial charge in [0.15, 0.2) is 0 Å². The molecule has 0 aliphatic carbocycles. The number of hydrogen-bond acceptors (Lipinski definition) is 3. The van der Waals surface area contributed by atoms with E-state index in [9.17, 15) is 8.42 Å². The number of rotatable bonds is 6. The van der Waals surface area contributed by atoms with Crippen molar-refractivity contribution >= 4 is 33.2 Å². The van der Waals surface area contributed by atoms with E-state index in [0.29, 0.717) is 35.3 Å². The van der Waals surface area contributed by atoms with Gasteiger partial charge in [-0.2, -0.15) is 0 Å². The van der Waals surface area contributed by atoms with Gasteiger partial charge in [-0.05, 0) is 31.0 Å². The Hall–Kier alpha value is -0.330. The maximum atomic E-state index is 12.3. The van der Waals surface area contributed by atoms with E-state index in [-0.39, 0.29) is 9.92 Å². The summed E-state index contributed by atoms with van der Waals surface area (Å²) in [6, 6.07) is 1.97. The van der Waals surface area contributed by atoms with Crippen molar-refractivity contribution in [3.05, 3.63) is 27.2 Å². The Bertz CT molecular complexity index is 560. The molecule has 1 rings (SSSR count). The Morgan fingerprint density at radius 3 is 2.35 bits per heavy atom. The molecule has 1 aromatic rings. The third kappa shape index (κ3) is 4.33. The Balaban J connectivity index is 2.99. The first-order chi connectivity index (χ1) is 9.16. The van der Waals surface area contributed by atoms with Crippen LogP contribution in [0.1, 0.15) is 25.0 Å². The SMILES string of the molecule is Cc1cc(Cl)c(C)c(S(=O)(=O)NCCNC(C)C)c1Cl. The van der Waals surface area contributed by atoms with Crippen molar-refractivity contribution in [3.8, 4) is 0 Å². The molecule has 0 aromatic heterocycles. The molecule has 0 aliphatic heterocycles. The highest BCUT2D eigenvalue weighted by Crippen LogP contribution is 2.33. The molecule has 0 aliphatic rings. The van der Waals surface area contributed by atoms with Gasteiger partial charge in [-0.1, -0.05) is 37.0 Å². The fourth-order valence-corrected chi connectivity index (χ4v) is 3.99. The number of sulfonamides is 1. The van der Waals surface area contributed by atoms with Crippen LogP contribution < -0.4 is 10.0 Å². The average molecular weight is 339 g/mol. The smallest absolute Gasteiger partial charge is 0.242 e. The van der Waals surface area contributed by atoms with Gasteiger partial charge in [0, 0.05) is 24.2 Å². The Morgan fingerprint density at radius 2 is 1.80 bits per heavy atom. The van der Waals surface area contributed by atoms with Gasteiger partial charge < -0.3 is 5.32 Å². The second-order valence-corrected chi connectivity index (χ2v) is 7.44. The highest BCUT2D eigenvalue weighted by atomic mass is 35.5. The van der Waals surface area contributed by atoms with Crippen molar-refractivity contribution in [2.45, 2.75) is 38.6 Å². The van der Waals surface area contributed by atoms with E-state index in [1.807, 2.05) is 13.8 Å². The molecule has 0 amide bonds. The van der Waals surface area contributed by atoms with E-state index in [4.69, 9.17) is 23.2 Å². The van der Waals surface area contributed by atoms with Crippen LogP contribution in [0.5, 0.6) is 0 Å². The molecule has 4 nitrogen and oxygen atoms in total. The van der Waals surface area contributed by atoms with Crippen LogP contribution in [0, 0.1) is 13.8 Å². The number of halogens is 2. The van der Waals surface area contributed by atoms with E-state index in [0.717, 1.165) is 0 Å². The molecule has 20 heavy (non-hydrogen) atoms. The third-order valence-corrected chi connectivity index (χ3v) is 5.45. The van der Waals surface area contributed by atoms with E-state index in [1.54, 1.807) is 19.9 Å². The lowest BCUT2D eigenvalue weighted by atomic mass is 10.2. The van der Waals surface area contributed by atoms with E-state index in [1.165, 1.54) is 0 Å². The third-order valence-electron chi connectivity index (χ3n) is 2.83. The van der Waals surface area contributed by atoms with Gasteiger partial charge in [-0.3, -0.25) is 0 Å². The summed E-state index contributed by atoms with van der Waals surface area (Å²) in [4.78, 5) is 0.0636. The maximum Gasteiger partial charge on any atom is 0.242 e. The summed E-state index contributed by atoms with van der Waals surface area (Å²) in [6.45, 7) is 8.21. The van der Waals surface area contributed by atoms with Gasteiger partial charge in [-0.15, -0.1) is 0 Å². The fraction of sp³-hybridized carbons (Fsp3) is 0.538. The molecule has 0 heterocycles. The van der Waals surface area contributed by atoms with Crippen molar-refractivity contribution in [3.63, 3.8) is 0 Å². The molecule has 0 saturated heterocycles. The molecule has 0 radical (unpaired) electrons. The number of nitrogens with one attached hydrogen (secondary N) is 2. The number of hydrogen-bond donors (Lipinski definition) is 2. The zero-order valence-corrected chi connectivity index (χ0v) is 14.4. The van der Waals surface area contributed by atoms with Crippen molar-refractivity contribution in [1.82, 2.24) is 10.0 Å². The highest BCUT2D eigenvalue weighted by molar-refractivity contribution is 7.89. The minimum absolute atomic E-state index is 0.0636. The molecule has 0 spiro atoms. The monoisotopic (exact) mass is 338 g/mol. The molecular formula is C13H20Cl2N2O2S. The van der Waals surface area contributed by atoms with Crippen LogP contribution in [-0.2, 0) is 10.0 Å². The first kappa shape index (κ1) is 17.7. The summed E-state index contributed by atoms with van der Waals surface area (Å²) in [7, 11) is -3.67. The van der Waals surface area contributed by atoms with Crippen molar-refractivity contribution < 1.29 is 8.42 Å². The fourth-order valence-electron chi connectivity index (χ4n) is 1.75. The van der Waals surface area contributed by atoms with E-state index >= 15 is 0 Å². The molecule has 2 N–H and O–H groups in total. The molecule has 114 valence electrons. The van der Waals surface area contributed by atoms with Gasteiger partial charge in [0.2, 0.25) is 10.0 Å². The molecule has 7 heteroatoms. The zero-order valence-electron chi connectivity index (χ0n) is 12.0. The summed E-state index contributed by atoms with van der Waals surface area (Å²) in [5.41, 5.74) is 1.11. The van der Waals surface area contributed by atoms with Crippen LogP contribution in [0.15, 0.2) is 11.0 Å². The second kappa shape index (κ2) is 7.09. The molecule has 0 fully saturated rings. The van der Waals surface area contributed by atoms with Crippen molar-refractivity contribution in [2.24, 2.45) is 0 Å². The highest BCUT2D eigenvalue weighted by Gasteiger charge is 2.23. The first-order valence-electron chi connectivity index (χ1n) is 6.35. The minimum Gasteiger partial charge on any atom is -0.313 e. The molecule has 1 aromatic carbocycles. The van der Waals surface area contributed by atoms with Crippen molar-refractivity contribution in [2.75, 3.05) is 13.1 Å². The Kier molecular flexibility index (Phi) is 6.28. The van der Waals surface area contributed by atoms with Crippen molar-refractivity contribution in [1.29, 1.82) is 0 Å². The lowest BCUT2D eigenvalue weighted by Crippen LogP contribution is -2.35. The van der Waals surface area contributed by atoms with Gasteiger partial charge in [0.1, 0.15) is 4.90 Å². The maximum absolute atomic E-state index is 12.3. The van der Waals surface area contributed by atoms with Crippen LogP contribution >= 0.6 is 23.2 Å². The Labute approximate surface area is 130 Å². The van der Waals surface area contributed by atoms with Gasteiger partial charge in [-0.25, -0.2) is 13.1 Å². The molecule has 0 bridgehead atoms. The second-order valence-electron chi connectivity index (χ2n) is 4.95. The van der Waals surface area contributed by atoms with E-state index in [2.05, 4.69) is 10.0 Å². The first-order valence-corrected chi connectivity index (χ1v) is 8.59. The minimum atomic E-state index is -3.67. The Morgan fingerprint density at radius 1 is 1.20 bits per heavy atom. The van der Waals surface area contributed by atoms with Crippen LogP contribution in [0.3, 0.4) is 0 Å². The average Bonchev–Trinajstić information content (AvgIpc) is 2.32. The van der Waals surface area contributed by atoms with E-state index < -0.39 is 10.0 Å². The summed E-state index contributed by atoms with van der Waals surface area (Å²) in [5, 5.41) is 3.75. The van der Waals surface area contributed by atoms with Gasteiger partial charge in [0.05, 0.1) is 5.02 Å². The molecule has 0 atom stereocenters. The quantitative estimate of drug-likeness (QED) is 0.784. The lowest BCUT2D eigenvalue weighted by molar-refractivity contribution is 0.559. The summed E-state index contributed by atoms with van der Waals surface area (Å²) in [5.74, 6) is 0. The predicted octanol–water partition coefficient (Wildman–Crippen LogP) is 2.89. The van der Waals surface area contributed by atoms with Crippen LogP contribution in [0.4, 0.5) is 0 Å². The topological polar surface area (TPSA) is 58.2 Å². The summed E-state index contributed by atoms with van der Waals surface area (Å²) >= 11 is 12.2. The number of aryl methyl sites for hydroxylation is 1. The number of benzene rings is 1. The normalized spacial score (nSPS) is 12.2. The van der Waals surface area contributed by atoms with Crippen LogP contribution in [-0.4, -0.2) is 27.5 Å². The lowest BCUT2D eigenvalue weighted by Gasteiger charge is -2.14. The summed E-state index contributed by atoms with van der Waals surface area (Å²) < 4.78 is 27.2. The zero-order chi connectivity index (χ0) is 15.5. The van der Waals surface area contributed by atoms with Gasteiger partial charge in [0.25, 0.3) is 0 Å². The largest absolute Gasteiger partial charge is 0.313 e. The molecule has 0 unspecified atom stereocenters. The molecule has 0 saturated carbocycles. The van der Waals surface area contributed by atoms with Gasteiger partial charge >= 0.3 is 0 Å². The van der Waals surface area contributed by atoms with Crippen LogP contribution in [0.2, 0.25) is 10.0 Å². The molecular weight excluding hydrogens is 319 g/mol. The standard InChI is InChI=1S/C13H20Cl2N2O2S/c1-8(2)16-5-6-17-20(18,19)13-10(4)11(14)7-9(3)12(13)15/h7-8,16-17H,5-6H2,1-4H3. The predicted molar refractivity (Wildman–Crippen MR) is 84.3 cm³/mol. The van der Waals surface area contributed by atoms with Crippen LogP contribution in [0.25, 0.3) is 0 Å².